The second-order valence-corrected chi connectivity index (χ2v) is 11.0. The first-order valence-corrected chi connectivity index (χ1v) is 15.9. The monoisotopic (exact) mass is 472 g/mol. The van der Waals surface area contributed by atoms with Crippen LogP contribution in [0.4, 0.5) is 0 Å². The average molecular weight is 473 g/mol. The molecule has 0 radical (unpaired) electrons. The van der Waals surface area contributed by atoms with E-state index < -0.39 is 0 Å². The smallest absolute Gasteiger partial charge is 0.168 e. The molecule has 0 aliphatic heterocycles. The van der Waals surface area contributed by atoms with Crippen LogP contribution in [0, 0.1) is 0 Å². The number of hydrogen-bond donors (Lipinski definition) is 0. The molecule has 0 unspecified atom stereocenters. The topological polar surface area (TPSA) is 3.88 Å². The molecule has 1 nitrogen and oxygen atoms in total. The third kappa shape index (κ3) is 22.9. The van der Waals surface area contributed by atoms with Gasteiger partial charge >= 0.3 is 0 Å². The Labute approximate surface area is 215 Å². The predicted molar refractivity (Wildman–Crippen MR) is 152 cm³/mol. The second kappa shape index (κ2) is 26.7. The molecule has 0 saturated heterocycles. The van der Waals surface area contributed by atoms with Crippen molar-refractivity contribution in [2.45, 2.75) is 180 Å². The van der Waals surface area contributed by atoms with E-state index in [4.69, 9.17) is 0 Å². The van der Waals surface area contributed by atoms with Gasteiger partial charge in [-0.3, -0.25) is 0 Å². The summed E-state index contributed by atoms with van der Waals surface area (Å²) >= 11 is 0. The van der Waals surface area contributed by atoms with Gasteiger partial charge in [-0.25, -0.2) is 4.57 Å². The van der Waals surface area contributed by atoms with Crippen LogP contribution in [0.15, 0.2) is 30.6 Å². The summed E-state index contributed by atoms with van der Waals surface area (Å²) in [7, 11) is 0. The van der Waals surface area contributed by atoms with Crippen LogP contribution in [-0.4, -0.2) is 0 Å². The maximum absolute atomic E-state index is 2.30. The van der Waals surface area contributed by atoms with Gasteiger partial charge in [0, 0.05) is 18.6 Å². The summed E-state index contributed by atoms with van der Waals surface area (Å²) < 4.78 is 2.30. The largest absolute Gasteiger partial charge is 0.205 e. The first-order valence-electron chi connectivity index (χ1n) is 15.9. The minimum atomic E-state index is 1.18. The molecule has 0 bridgehead atoms. The molecule has 0 amide bonds. The molecule has 0 atom stereocenters. The third-order valence-electron chi connectivity index (χ3n) is 7.55. The van der Waals surface area contributed by atoms with Gasteiger partial charge in [0.1, 0.15) is 6.54 Å². The normalized spacial score (nSPS) is 11.3. The Morgan fingerprint density at radius 2 is 0.588 bits per heavy atom. The lowest BCUT2D eigenvalue weighted by atomic mass is 10.0. The van der Waals surface area contributed by atoms with Crippen molar-refractivity contribution < 1.29 is 4.57 Å². The molecule has 1 rings (SSSR count). The van der Waals surface area contributed by atoms with Crippen LogP contribution in [0.5, 0.6) is 0 Å². The van der Waals surface area contributed by atoms with Gasteiger partial charge in [-0.15, -0.1) is 0 Å². The first kappa shape index (κ1) is 31.2. The summed E-state index contributed by atoms with van der Waals surface area (Å²) in [4.78, 5) is 0. The molecule has 1 heterocycles. The maximum Gasteiger partial charge on any atom is 0.168 e. The Morgan fingerprint density at radius 1 is 0.324 bits per heavy atom. The van der Waals surface area contributed by atoms with Crippen LogP contribution >= 0.6 is 0 Å². The van der Waals surface area contributed by atoms with E-state index in [0.29, 0.717) is 0 Å². The van der Waals surface area contributed by atoms with E-state index in [1.807, 2.05) is 0 Å². The molecule has 1 heteroatoms. The zero-order valence-corrected chi connectivity index (χ0v) is 23.4. The molecule has 0 aromatic carbocycles. The standard InChI is InChI=1S/C33H62N/c1-2-3-4-5-6-7-8-9-10-11-12-13-14-15-16-17-18-19-20-21-22-23-24-25-26-28-31-34-32-29-27-30-33-34/h27,29-30,32-33H,2-26,28,31H2,1H3/q+1. The Morgan fingerprint density at radius 3 is 0.882 bits per heavy atom. The fraction of sp³-hybridized carbons (Fsp3) is 0.848. The predicted octanol–water partition coefficient (Wildman–Crippen LogP) is 11.1. The van der Waals surface area contributed by atoms with Crippen LogP contribution in [0.1, 0.15) is 174 Å². The van der Waals surface area contributed by atoms with Crippen molar-refractivity contribution in [1.29, 1.82) is 0 Å². The molecule has 0 fully saturated rings. The Hall–Kier alpha value is -0.850. The van der Waals surface area contributed by atoms with Crippen molar-refractivity contribution in [3.8, 4) is 0 Å². The fourth-order valence-corrected chi connectivity index (χ4v) is 5.19. The van der Waals surface area contributed by atoms with Gasteiger partial charge in [0.05, 0.1) is 0 Å². The molecule has 0 N–H and O–H groups in total. The average Bonchev–Trinajstić information content (AvgIpc) is 2.87. The van der Waals surface area contributed by atoms with Crippen LogP contribution in [-0.2, 0) is 6.54 Å². The Balaban J connectivity index is 1.64. The molecule has 198 valence electrons. The van der Waals surface area contributed by atoms with Crippen molar-refractivity contribution in [1.82, 2.24) is 0 Å². The lowest BCUT2D eigenvalue weighted by Gasteiger charge is -2.04. The lowest BCUT2D eigenvalue weighted by Crippen LogP contribution is -2.32. The molecule has 0 aliphatic carbocycles. The highest BCUT2D eigenvalue weighted by Gasteiger charge is 1.98. The second-order valence-electron chi connectivity index (χ2n) is 11.0. The summed E-state index contributed by atoms with van der Waals surface area (Å²) in [6.07, 6.45) is 42.4. The molecule has 1 aromatic rings. The van der Waals surface area contributed by atoms with Gasteiger partial charge in [-0.2, -0.15) is 0 Å². The number of pyridine rings is 1. The zero-order valence-electron chi connectivity index (χ0n) is 23.4. The minimum absolute atomic E-state index is 1.18. The lowest BCUT2D eigenvalue weighted by molar-refractivity contribution is -0.697. The van der Waals surface area contributed by atoms with Gasteiger partial charge in [0.25, 0.3) is 0 Å². The molecule has 1 aromatic heterocycles. The van der Waals surface area contributed by atoms with Crippen LogP contribution in [0.3, 0.4) is 0 Å². The quantitative estimate of drug-likeness (QED) is 0.0885. The number of rotatable bonds is 27. The molecular weight excluding hydrogens is 410 g/mol. The van der Waals surface area contributed by atoms with Crippen LogP contribution < -0.4 is 4.57 Å². The SMILES string of the molecule is CCCCCCCCCCCCCCCCCCCCCCCCCCCC[n+]1ccccc1. The van der Waals surface area contributed by atoms with Gasteiger partial charge < -0.3 is 0 Å². The Kier molecular flexibility index (Phi) is 24.5. The molecular formula is C33H62N+. The van der Waals surface area contributed by atoms with E-state index in [1.54, 1.807) is 0 Å². The fourth-order valence-electron chi connectivity index (χ4n) is 5.19. The van der Waals surface area contributed by atoms with Gasteiger partial charge in [0.2, 0.25) is 0 Å². The first-order chi connectivity index (χ1) is 16.9. The van der Waals surface area contributed by atoms with E-state index in [1.165, 1.54) is 173 Å². The summed E-state index contributed by atoms with van der Waals surface area (Å²) in [5, 5.41) is 0. The molecule has 0 spiro atoms. The van der Waals surface area contributed by atoms with Gasteiger partial charge in [-0.1, -0.05) is 167 Å². The van der Waals surface area contributed by atoms with E-state index in [-0.39, 0.29) is 0 Å². The summed E-state index contributed by atoms with van der Waals surface area (Å²) in [6.45, 7) is 3.49. The molecule has 0 saturated carbocycles. The highest BCUT2D eigenvalue weighted by molar-refractivity contribution is 4.83. The highest BCUT2D eigenvalue weighted by Crippen LogP contribution is 2.15. The summed E-state index contributed by atoms with van der Waals surface area (Å²) in [5.41, 5.74) is 0. The number of nitrogens with zero attached hydrogens (tertiary/aromatic N) is 1. The number of aryl methyl sites for hydroxylation is 1. The summed E-state index contributed by atoms with van der Waals surface area (Å²) in [5.74, 6) is 0. The van der Waals surface area contributed by atoms with Crippen molar-refractivity contribution in [2.24, 2.45) is 0 Å². The third-order valence-corrected chi connectivity index (χ3v) is 7.55. The van der Waals surface area contributed by atoms with Crippen molar-refractivity contribution in [3.63, 3.8) is 0 Å². The Bertz CT molecular complexity index is 483. The maximum atomic E-state index is 2.30. The van der Waals surface area contributed by atoms with E-state index in [0.717, 1.165) is 0 Å². The highest BCUT2D eigenvalue weighted by atomic mass is 14.9. The van der Waals surface area contributed by atoms with E-state index in [9.17, 15) is 0 Å². The number of unbranched alkanes of at least 4 members (excludes halogenated alkanes) is 25. The van der Waals surface area contributed by atoms with E-state index in [2.05, 4.69) is 42.1 Å². The molecule has 34 heavy (non-hydrogen) atoms. The zero-order chi connectivity index (χ0) is 24.2. The van der Waals surface area contributed by atoms with Gasteiger partial charge in [-0.05, 0) is 6.42 Å². The van der Waals surface area contributed by atoms with E-state index >= 15 is 0 Å². The van der Waals surface area contributed by atoms with Crippen molar-refractivity contribution in [3.05, 3.63) is 30.6 Å². The molecule has 0 aliphatic rings. The van der Waals surface area contributed by atoms with Crippen molar-refractivity contribution in [2.75, 3.05) is 0 Å². The number of hydrogen-bond acceptors (Lipinski definition) is 0. The van der Waals surface area contributed by atoms with Crippen LogP contribution in [0.2, 0.25) is 0 Å². The van der Waals surface area contributed by atoms with Crippen LogP contribution in [0.25, 0.3) is 0 Å². The minimum Gasteiger partial charge on any atom is -0.205 e. The van der Waals surface area contributed by atoms with Gasteiger partial charge in [0.15, 0.2) is 12.4 Å². The number of aromatic nitrogens is 1. The summed E-state index contributed by atoms with van der Waals surface area (Å²) in [6, 6.07) is 6.35. The van der Waals surface area contributed by atoms with Crippen molar-refractivity contribution >= 4 is 0 Å².